The minimum atomic E-state index is -3.50. The van der Waals surface area contributed by atoms with Crippen LogP contribution in [-0.2, 0) is 26.5 Å². The van der Waals surface area contributed by atoms with Crippen molar-refractivity contribution in [3.8, 4) is 0 Å². The molecule has 1 aromatic rings. The van der Waals surface area contributed by atoms with Gasteiger partial charge in [-0.05, 0) is 31.6 Å². The molecule has 7 nitrogen and oxygen atoms in total. The maximum atomic E-state index is 12.6. The first kappa shape index (κ1) is 16.9. The zero-order valence-corrected chi connectivity index (χ0v) is 14.6. The molecule has 1 aromatic heterocycles. The number of nitrogens with zero attached hydrogens (tertiary/aromatic N) is 3. The predicted octanol–water partition coefficient (Wildman–Crippen LogP) is 1.02. The van der Waals surface area contributed by atoms with Gasteiger partial charge in [-0.1, -0.05) is 0 Å². The largest absolute Gasteiger partial charge is 0.385 e. The number of piperidine rings is 1. The standard InChI is InChI=1S/C15H25N3O4S/c1-17-11-14(16-12-17)23(19,20)18-7-5-15(6-8-18)13(3-9-21-2)4-10-22-15/h11-13H,3-10H2,1-2H3/t13-/m0/s1. The van der Waals surface area contributed by atoms with Gasteiger partial charge in [-0.15, -0.1) is 0 Å². The van der Waals surface area contributed by atoms with Gasteiger partial charge >= 0.3 is 0 Å². The Kier molecular flexibility index (Phi) is 4.78. The summed E-state index contributed by atoms with van der Waals surface area (Å²) in [5.74, 6) is 0.460. The first-order valence-electron chi connectivity index (χ1n) is 8.09. The van der Waals surface area contributed by atoms with Crippen molar-refractivity contribution in [3.63, 3.8) is 0 Å². The molecule has 8 heteroatoms. The van der Waals surface area contributed by atoms with E-state index in [1.807, 2.05) is 0 Å². The molecule has 0 saturated carbocycles. The van der Waals surface area contributed by atoms with Crippen LogP contribution >= 0.6 is 0 Å². The molecular formula is C15H25N3O4S. The van der Waals surface area contributed by atoms with Crippen LogP contribution in [0.5, 0.6) is 0 Å². The maximum Gasteiger partial charge on any atom is 0.262 e. The van der Waals surface area contributed by atoms with Gasteiger partial charge in [-0.2, -0.15) is 4.31 Å². The van der Waals surface area contributed by atoms with Crippen LogP contribution in [0.3, 0.4) is 0 Å². The van der Waals surface area contributed by atoms with Crippen molar-refractivity contribution in [2.45, 2.75) is 36.3 Å². The molecule has 23 heavy (non-hydrogen) atoms. The second-order valence-corrected chi connectivity index (χ2v) is 8.35. The fourth-order valence-corrected chi connectivity index (χ4v) is 5.17. The van der Waals surface area contributed by atoms with E-state index in [0.717, 1.165) is 38.9 Å². The molecular weight excluding hydrogens is 318 g/mol. The van der Waals surface area contributed by atoms with E-state index in [9.17, 15) is 8.42 Å². The predicted molar refractivity (Wildman–Crippen MR) is 84.5 cm³/mol. The number of hydrogen-bond acceptors (Lipinski definition) is 5. The molecule has 0 N–H and O–H groups in total. The summed E-state index contributed by atoms with van der Waals surface area (Å²) in [5.41, 5.74) is -0.172. The Bertz CT molecular complexity index is 635. The van der Waals surface area contributed by atoms with Crippen LogP contribution in [0, 0.1) is 5.92 Å². The van der Waals surface area contributed by atoms with Gasteiger partial charge in [0.05, 0.1) is 11.9 Å². The van der Waals surface area contributed by atoms with Crippen molar-refractivity contribution < 1.29 is 17.9 Å². The van der Waals surface area contributed by atoms with Gasteiger partial charge in [0.15, 0.2) is 5.03 Å². The number of aryl methyl sites for hydroxylation is 1. The molecule has 0 radical (unpaired) electrons. The van der Waals surface area contributed by atoms with E-state index in [1.165, 1.54) is 10.6 Å². The van der Waals surface area contributed by atoms with E-state index in [-0.39, 0.29) is 10.6 Å². The molecule has 1 spiro atoms. The third-order valence-electron chi connectivity index (χ3n) is 5.12. The molecule has 2 saturated heterocycles. The Balaban J connectivity index is 1.68. The number of methoxy groups -OCH3 is 1. The van der Waals surface area contributed by atoms with Crippen LogP contribution in [0.15, 0.2) is 17.6 Å². The van der Waals surface area contributed by atoms with Crippen molar-refractivity contribution in [2.24, 2.45) is 13.0 Å². The minimum Gasteiger partial charge on any atom is -0.385 e. The Morgan fingerprint density at radius 1 is 1.43 bits per heavy atom. The fourth-order valence-electron chi connectivity index (χ4n) is 3.76. The third kappa shape index (κ3) is 3.17. The summed E-state index contributed by atoms with van der Waals surface area (Å²) in [7, 11) is -0.0200. The smallest absolute Gasteiger partial charge is 0.262 e. The highest BCUT2D eigenvalue weighted by Gasteiger charge is 2.47. The molecule has 0 bridgehead atoms. The number of aromatic nitrogens is 2. The highest BCUT2D eigenvalue weighted by atomic mass is 32.2. The molecule has 1 atom stereocenters. The van der Waals surface area contributed by atoms with Crippen LogP contribution in [0.2, 0.25) is 0 Å². The van der Waals surface area contributed by atoms with Crippen molar-refractivity contribution >= 4 is 10.0 Å². The van der Waals surface area contributed by atoms with Crippen LogP contribution in [0.1, 0.15) is 25.7 Å². The number of hydrogen-bond donors (Lipinski definition) is 0. The Hall–Kier alpha value is -0.960. The Labute approximate surface area is 137 Å². The number of rotatable bonds is 5. The van der Waals surface area contributed by atoms with E-state index in [4.69, 9.17) is 9.47 Å². The molecule has 0 aromatic carbocycles. The maximum absolute atomic E-state index is 12.6. The molecule has 2 fully saturated rings. The number of imidazole rings is 1. The first-order valence-corrected chi connectivity index (χ1v) is 9.53. The van der Waals surface area contributed by atoms with E-state index < -0.39 is 10.0 Å². The second-order valence-electron chi connectivity index (χ2n) is 6.46. The number of ether oxygens (including phenoxy) is 2. The van der Waals surface area contributed by atoms with Gasteiger partial charge in [0.2, 0.25) is 0 Å². The van der Waals surface area contributed by atoms with Crippen LogP contribution < -0.4 is 0 Å². The Morgan fingerprint density at radius 3 is 2.78 bits per heavy atom. The zero-order valence-electron chi connectivity index (χ0n) is 13.8. The lowest BCUT2D eigenvalue weighted by molar-refractivity contribution is -0.0603. The Morgan fingerprint density at radius 2 is 2.17 bits per heavy atom. The average Bonchev–Trinajstić information content (AvgIpc) is 3.13. The molecule has 0 aliphatic carbocycles. The summed E-state index contributed by atoms with van der Waals surface area (Å²) in [5, 5.41) is 0.124. The van der Waals surface area contributed by atoms with Gasteiger partial charge in [-0.3, -0.25) is 0 Å². The highest BCUT2D eigenvalue weighted by molar-refractivity contribution is 7.89. The van der Waals surface area contributed by atoms with E-state index >= 15 is 0 Å². The molecule has 130 valence electrons. The van der Waals surface area contributed by atoms with Crippen molar-refractivity contribution in [1.29, 1.82) is 0 Å². The fraction of sp³-hybridized carbons (Fsp3) is 0.800. The lowest BCUT2D eigenvalue weighted by Gasteiger charge is -2.41. The molecule has 0 amide bonds. The summed E-state index contributed by atoms with van der Waals surface area (Å²) >= 11 is 0. The van der Waals surface area contributed by atoms with Crippen molar-refractivity contribution in [2.75, 3.05) is 33.4 Å². The summed E-state index contributed by atoms with van der Waals surface area (Å²) in [6.07, 6.45) is 6.56. The van der Waals surface area contributed by atoms with Gasteiger partial charge in [0.1, 0.15) is 0 Å². The van der Waals surface area contributed by atoms with E-state index in [2.05, 4.69) is 4.98 Å². The van der Waals surface area contributed by atoms with E-state index in [1.54, 1.807) is 24.9 Å². The molecule has 2 aliphatic rings. The second kappa shape index (κ2) is 6.51. The lowest BCUT2D eigenvalue weighted by Crippen LogP contribution is -2.49. The summed E-state index contributed by atoms with van der Waals surface area (Å²) in [6, 6.07) is 0. The quantitative estimate of drug-likeness (QED) is 0.798. The normalized spacial score (nSPS) is 25.2. The van der Waals surface area contributed by atoms with Gasteiger partial charge in [-0.25, -0.2) is 13.4 Å². The summed E-state index contributed by atoms with van der Waals surface area (Å²) in [4.78, 5) is 3.99. The van der Waals surface area contributed by atoms with Crippen molar-refractivity contribution in [1.82, 2.24) is 13.9 Å². The first-order chi connectivity index (χ1) is 11.0. The summed E-state index contributed by atoms with van der Waals surface area (Å²) < 4.78 is 39.7. The monoisotopic (exact) mass is 343 g/mol. The van der Waals surface area contributed by atoms with Crippen molar-refractivity contribution in [3.05, 3.63) is 12.5 Å². The molecule has 3 rings (SSSR count). The highest BCUT2D eigenvalue weighted by Crippen LogP contribution is 2.43. The third-order valence-corrected chi connectivity index (χ3v) is 6.91. The van der Waals surface area contributed by atoms with Gasteiger partial charge < -0.3 is 14.0 Å². The zero-order chi connectivity index (χ0) is 16.5. The van der Waals surface area contributed by atoms with Gasteiger partial charge in [0.25, 0.3) is 10.0 Å². The lowest BCUT2D eigenvalue weighted by atomic mass is 9.78. The SMILES string of the molecule is COCC[C@H]1CCOC12CCN(S(=O)(=O)c1cn(C)cn1)CC2. The summed E-state index contributed by atoms with van der Waals surface area (Å²) in [6.45, 7) is 2.47. The minimum absolute atomic E-state index is 0.124. The molecule has 3 heterocycles. The topological polar surface area (TPSA) is 73.7 Å². The molecule has 2 aliphatic heterocycles. The molecule has 0 unspecified atom stereocenters. The van der Waals surface area contributed by atoms with Crippen LogP contribution in [0.4, 0.5) is 0 Å². The number of sulfonamides is 1. The average molecular weight is 343 g/mol. The van der Waals surface area contributed by atoms with Crippen LogP contribution in [0.25, 0.3) is 0 Å². The van der Waals surface area contributed by atoms with E-state index in [0.29, 0.717) is 19.0 Å². The van der Waals surface area contributed by atoms with Gasteiger partial charge in [0, 0.05) is 46.7 Å². The van der Waals surface area contributed by atoms with Crippen LogP contribution in [-0.4, -0.2) is 61.3 Å².